The van der Waals surface area contributed by atoms with Gasteiger partial charge in [0.2, 0.25) is 0 Å². The highest BCUT2D eigenvalue weighted by molar-refractivity contribution is 4.98. The number of nitrogens with zero attached hydrogens (tertiary/aromatic N) is 2. The molecule has 0 aliphatic carbocycles. The van der Waals surface area contributed by atoms with E-state index in [4.69, 9.17) is 4.74 Å². The van der Waals surface area contributed by atoms with Crippen molar-refractivity contribution in [2.75, 3.05) is 19.8 Å². The minimum Gasteiger partial charge on any atom is -0.380 e. The van der Waals surface area contributed by atoms with Crippen LogP contribution in [0.4, 0.5) is 0 Å². The van der Waals surface area contributed by atoms with Gasteiger partial charge in [-0.1, -0.05) is 6.92 Å². The summed E-state index contributed by atoms with van der Waals surface area (Å²) in [5.41, 5.74) is 0. The molecule has 1 heterocycles. The van der Waals surface area contributed by atoms with Gasteiger partial charge in [-0.05, 0) is 19.9 Å². The van der Waals surface area contributed by atoms with E-state index in [1.54, 1.807) is 0 Å². The Morgan fingerprint density at radius 3 is 2.87 bits per heavy atom. The third-order valence-corrected chi connectivity index (χ3v) is 2.30. The van der Waals surface area contributed by atoms with Gasteiger partial charge in [-0.2, -0.15) is 0 Å². The molecular formula is C11H21N3O. The van der Waals surface area contributed by atoms with E-state index in [0.29, 0.717) is 6.61 Å². The van der Waals surface area contributed by atoms with Gasteiger partial charge in [-0.25, -0.2) is 4.98 Å². The predicted molar refractivity (Wildman–Crippen MR) is 60.7 cm³/mol. The Kier molecular flexibility index (Phi) is 5.36. The Morgan fingerprint density at radius 2 is 2.33 bits per heavy atom. The molecule has 0 saturated carbocycles. The van der Waals surface area contributed by atoms with Gasteiger partial charge in [0.15, 0.2) is 0 Å². The molecule has 15 heavy (non-hydrogen) atoms. The summed E-state index contributed by atoms with van der Waals surface area (Å²) in [7, 11) is 2.01. The lowest BCUT2D eigenvalue weighted by Gasteiger charge is -2.17. The summed E-state index contributed by atoms with van der Waals surface area (Å²) in [5.74, 6) is 1.04. The molecule has 0 aliphatic rings. The SMILES string of the molecule is CCCNC(COCC)c1nccn1C. The standard InChI is InChI=1S/C11H21N3O/c1-4-6-12-10(9-15-5-2)11-13-7-8-14(11)3/h7-8,10,12H,4-6,9H2,1-3H3. The Balaban J connectivity index is 2.58. The Labute approximate surface area is 91.7 Å². The molecule has 1 atom stereocenters. The first-order valence-electron chi connectivity index (χ1n) is 5.57. The van der Waals surface area contributed by atoms with Crippen molar-refractivity contribution in [1.29, 1.82) is 0 Å². The van der Waals surface area contributed by atoms with Crippen LogP contribution in [0.5, 0.6) is 0 Å². The summed E-state index contributed by atoms with van der Waals surface area (Å²) in [6, 6.07) is 0.199. The molecule has 0 saturated heterocycles. The van der Waals surface area contributed by atoms with Crippen molar-refractivity contribution in [3.05, 3.63) is 18.2 Å². The summed E-state index contributed by atoms with van der Waals surface area (Å²) >= 11 is 0. The molecule has 0 amide bonds. The van der Waals surface area contributed by atoms with E-state index in [1.165, 1.54) is 0 Å². The van der Waals surface area contributed by atoms with Crippen LogP contribution in [0.1, 0.15) is 32.1 Å². The summed E-state index contributed by atoms with van der Waals surface area (Å²) in [4.78, 5) is 4.34. The number of aromatic nitrogens is 2. The highest BCUT2D eigenvalue weighted by atomic mass is 16.5. The van der Waals surface area contributed by atoms with Gasteiger partial charge in [0.05, 0.1) is 12.6 Å². The fraction of sp³-hybridized carbons (Fsp3) is 0.727. The number of aryl methyl sites for hydroxylation is 1. The molecule has 1 aromatic heterocycles. The van der Waals surface area contributed by atoms with Gasteiger partial charge < -0.3 is 14.6 Å². The second kappa shape index (κ2) is 6.58. The maximum atomic E-state index is 5.46. The van der Waals surface area contributed by atoms with Gasteiger partial charge in [0.1, 0.15) is 5.82 Å². The van der Waals surface area contributed by atoms with E-state index in [9.17, 15) is 0 Å². The van der Waals surface area contributed by atoms with Crippen molar-refractivity contribution in [2.45, 2.75) is 26.3 Å². The van der Waals surface area contributed by atoms with Crippen molar-refractivity contribution in [3.63, 3.8) is 0 Å². The lowest BCUT2D eigenvalue weighted by molar-refractivity contribution is 0.119. The topological polar surface area (TPSA) is 39.1 Å². The highest BCUT2D eigenvalue weighted by Gasteiger charge is 2.14. The van der Waals surface area contributed by atoms with Crippen LogP contribution in [0.3, 0.4) is 0 Å². The first-order valence-corrected chi connectivity index (χ1v) is 5.57. The Bertz CT molecular complexity index is 265. The van der Waals surface area contributed by atoms with Gasteiger partial charge in [0, 0.05) is 26.0 Å². The first kappa shape index (κ1) is 12.2. The van der Waals surface area contributed by atoms with Crippen LogP contribution in [-0.2, 0) is 11.8 Å². The van der Waals surface area contributed by atoms with E-state index in [2.05, 4.69) is 17.2 Å². The number of ether oxygens (including phenoxy) is 1. The lowest BCUT2D eigenvalue weighted by Crippen LogP contribution is -2.28. The van der Waals surface area contributed by atoms with Crippen molar-refractivity contribution < 1.29 is 4.74 Å². The summed E-state index contributed by atoms with van der Waals surface area (Å²) in [6.07, 6.45) is 4.90. The van der Waals surface area contributed by atoms with Crippen molar-refractivity contribution in [2.24, 2.45) is 7.05 Å². The van der Waals surface area contributed by atoms with Crippen LogP contribution >= 0.6 is 0 Å². The molecule has 1 rings (SSSR count). The third kappa shape index (κ3) is 3.64. The molecule has 4 nitrogen and oxygen atoms in total. The fourth-order valence-electron chi connectivity index (χ4n) is 1.49. The van der Waals surface area contributed by atoms with E-state index in [-0.39, 0.29) is 6.04 Å². The summed E-state index contributed by atoms with van der Waals surface area (Å²) in [6.45, 7) is 6.58. The zero-order valence-electron chi connectivity index (χ0n) is 9.86. The molecule has 1 aromatic rings. The van der Waals surface area contributed by atoms with Crippen molar-refractivity contribution >= 4 is 0 Å². The number of rotatable bonds is 7. The molecule has 4 heteroatoms. The molecule has 1 unspecified atom stereocenters. The molecule has 0 bridgehead atoms. The zero-order valence-corrected chi connectivity index (χ0v) is 9.86. The van der Waals surface area contributed by atoms with Crippen LogP contribution < -0.4 is 5.32 Å². The molecule has 1 N–H and O–H groups in total. The molecule has 0 aliphatic heterocycles. The normalized spacial score (nSPS) is 13.0. The maximum absolute atomic E-state index is 5.46. The van der Waals surface area contributed by atoms with Crippen molar-refractivity contribution in [3.8, 4) is 0 Å². The molecule has 0 fully saturated rings. The number of hydrogen-bond acceptors (Lipinski definition) is 3. The Hall–Kier alpha value is -0.870. The molecule has 0 spiro atoms. The van der Waals surface area contributed by atoms with Gasteiger partial charge in [-0.3, -0.25) is 0 Å². The van der Waals surface area contributed by atoms with Gasteiger partial charge >= 0.3 is 0 Å². The van der Waals surface area contributed by atoms with Crippen LogP contribution in [0.25, 0.3) is 0 Å². The van der Waals surface area contributed by atoms with Crippen molar-refractivity contribution in [1.82, 2.24) is 14.9 Å². The quantitative estimate of drug-likeness (QED) is 0.743. The van der Waals surface area contributed by atoms with E-state index in [0.717, 1.165) is 25.4 Å². The van der Waals surface area contributed by atoms with Gasteiger partial charge in [0.25, 0.3) is 0 Å². The average molecular weight is 211 g/mol. The lowest BCUT2D eigenvalue weighted by atomic mass is 10.3. The number of imidazole rings is 1. The maximum Gasteiger partial charge on any atom is 0.127 e. The van der Waals surface area contributed by atoms with Gasteiger partial charge in [-0.15, -0.1) is 0 Å². The monoisotopic (exact) mass is 211 g/mol. The summed E-state index contributed by atoms with van der Waals surface area (Å²) in [5, 5.41) is 3.44. The summed E-state index contributed by atoms with van der Waals surface area (Å²) < 4.78 is 7.49. The second-order valence-electron chi connectivity index (χ2n) is 3.56. The smallest absolute Gasteiger partial charge is 0.127 e. The molecule has 0 radical (unpaired) electrons. The second-order valence-corrected chi connectivity index (χ2v) is 3.56. The number of hydrogen-bond donors (Lipinski definition) is 1. The van der Waals surface area contributed by atoms with Crippen LogP contribution in [0.15, 0.2) is 12.4 Å². The Morgan fingerprint density at radius 1 is 1.53 bits per heavy atom. The minimum absolute atomic E-state index is 0.199. The largest absolute Gasteiger partial charge is 0.380 e. The van der Waals surface area contributed by atoms with Crippen LogP contribution in [-0.4, -0.2) is 29.3 Å². The third-order valence-electron chi connectivity index (χ3n) is 2.30. The predicted octanol–water partition coefficient (Wildman–Crippen LogP) is 1.50. The first-order chi connectivity index (χ1) is 7.29. The zero-order chi connectivity index (χ0) is 11.1. The molecule has 0 aromatic carbocycles. The highest BCUT2D eigenvalue weighted by Crippen LogP contribution is 2.10. The molecule has 86 valence electrons. The minimum atomic E-state index is 0.199. The average Bonchev–Trinajstić information content (AvgIpc) is 2.65. The molecular weight excluding hydrogens is 190 g/mol. The van der Waals surface area contributed by atoms with Crippen LogP contribution in [0, 0.1) is 0 Å². The van der Waals surface area contributed by atoms with E-state index >= 15 is 0 Å². The van der Waals surface area contributed by atoms with Crippen LogP contribution in [0.2, 0.25) is 0 Å². The van der Waals surface area contributed by atoms with E-state index in [1.807, 2.05) is 30.9 Å². The fourth-order valence-corrected chi connectivity index (χ4v) is 1.49. The number of nitrogens with one attached hydrogen (secondary N) is 1. The van der Waals surface area contributed by atoms with E-state index < -0.39 is 0 Å².